The summed E-state index contributed by atoms with van der Waals surface area (Å²) in [5, 5.41) is 5.68. The maximum absolute atomic E-state index is 12.3. The highest BCUT2D eigenvalue weighted by atomic mass is 35.5. The Hall–Kier alpha value is -2.32. The van der Waals surface area contributed by atoms with E-state index in [4.69, 9.17) is 27.9 Å². The maximum atomic E-state index is 12.3. The number of nitrogens with zero attached hydrogens (tertiary/aromatic N) is 1. The topological polar surface area (TPSA) is 105 Å². The molecule has 0 aliphatic carbocycles. The van der Waals surface area contributed by atoms with E-state index in [-0.39, 0.29) is 5.02 Å². The average Bonchev–Trinajstić information content (AvgIpc) is 2.81. The minimum Gasteiger partial charge on any atom is -0.451 e. The molecule has 2 atom stereocenters. The van der Waals surface area contributed by atoms with Gasteiger partial charge in [-0.1, -0.05) is 30.1 Å². The van der Waals surface area contributed by atoms with E-state index < -0.39 is 42.0 Å². The molecular formula is C17H19Cl2N3O5. The highest BCUT2D eigenvalue weighted by Crippen LogP contribution is 2.25. The smallest absolute Gasteiger partial charge is 0.327 e. The average molecular weight is 416 g/mol. The molecule has 1 aromatic carbocycles. The van der Waals surface area contributed by atoms with Crippen LogP contribution in [-0.4, -0.2) is 46.9 Å². The van der Waals surface area contributed by atoms with Crippen LogP contribution < -0.4 is 10.6 Å². The molecule has 1 aliphatic heterocycles. The van der Waals surface area contributed by atoms with Crippen LogP contribution >= 0.6 is 23.2 Å². The fourth-order valence-electron chi connectivity index (χ4n) is 2.37. The van der Waals surface area contributed by atoms with Gasteiger partial charge in [0, 0.05) is 5.02 Å². The van der Waals surface area contributed by atoms with Crippen molar-refractivity contribution < 1.29 is 23.9 Å². The fourth-order valence-corrected chi connectivity index (χ4v) is 2.83. The fraction of sp³-hybridized carbons (Fsp3) is 0.412. The Bertz CT molecular complexity index is 801. The molecule has 0 aromatic heterocycles. The molecule has 1 aliphatic rings. The van der Waals surface area contributed by atoms with Gasteiger partial charge in [-0.25, -0.2) is 4.79 Å². The van der Waals surface area contributed by atoms with Gasteiger partial charge < -0.3 is 15.4 Å². The van der Waals surface area contributed by atoms with Crippen molar-refractivity contribution in [3.05, 3.63) is 28.2 Å². The highest BCUT2D eigenvalue weighted by molar-refractivity contribution is 6.36. The third kappa shape index (κ3) is 4.70. The summed E-state index contributed by atoms with van der Waals surface area (Å²) in [6.45, 7) is 4.09. The van der Waals surface area contributed by atoms with Crippen molar-refractivity contribution >= 4 is 52.7 Å². The van der Waals surface area contributed by atoms with Crippen LogP contribution in [0.3, 0.4) is 0 Å². The Morgan fingerprint density at radius 3 is 2.56 bits per heavy atom. The van der Waals surface area contributed by atoms with Crippen molar-refractivity contribution in [3.63, 3.8) is 0 Å². The van der Waals surface area contributed by atoms with E-state index >= 15 is 0 Å². The lowest BCUT2D eigenvalue weighted by molar-refractivity contribution is -0.155. The van der Waals surface area contributed by atoms with Gasteiger partial charge in [0.2, 0.25) is 0 Å². The second kappa shape index (κ2) is 8.14. The Morgan fingerprint density at radius 1 is 1.33 bits per heavy atom. The SMILES string of the molecule is CC[C@]1(C)NC(=O)N(CC(=O)O[C@H](C)C(=O)Nc2ccc(Cl)cc2Cl)C1=O. The lowest BCUT2D eigenvalue weighted by Crippen LogP contribution is -2.44. The number of esters is 1. The molecule has 0 unspecified atom stereocenters. The zero-order chi connectivity index (χ0) is 20.4. The van der Waals surface area contributed by atoms with Crippen LogP contribution in [0.5, 0.6) is 0 Å². The lowest BCUT2D eigenvalue weighted by atomic mass is 9.99. The molecule has 146 valence electrons. The van der Waals surface area contributed by atoms with Crippen LogP contribution in [-0.2, 0) is 19.1 Å². The molecule has 0 bridgehead atoms. The molecule has 2 rings (SSSR count). The van der Waals surface area contributed by atoms with Crippen LogP contribution in [0.25, 0.3) is 0 Å². The minimum atomic E-state index is -1.16. The number of imide groups is 1. The van der Waals surface area contributed by atoms with Crippen molar-refractivity contribution in [1.29, 1.82) is 0 Å². The van der Waals surface area contributed by atoms with Crippen LogP contribution in [0.2, 0.25) is 10.0 Å². The molecule has 0 spiro atoms. The number of anilines is 1. The maximum Gasteiger partial charge on any atom is 0.327 e. The predicted octanol–water partition coefficient (Wildman–Crippen LogP) is 2.58. The number of hydrogen-bond donors (Lipinski definition) is 2. The molecule has 10 heteroatoms. The first-order chi connectivity index (χ1) is 12.6. The van der Waals surface area contributed by atoms with Gasteiger partial charge in [-0.2, -0.15) is 0 Å². The summed E-state index contributed by atoms with van der Waals surface area (Å²) in [5.74, 6) is -2.02. The first-order valence-electron chi connectivity index (χ1n) is 8.17. The summed E-state index contributed by atoms with van der Waals surface area (Å²) in [7, 11) is 0. The van der Waals surface area contributed by atoms with Crippen LogP contribution in [0.15, 0.2) is 18.2 Å². The third-order valence-electron chi connectivity index (χ3n) is 4.21. The van der Waals surface area contributed by atoms with Gasteiger partial charge in [0.15, 0.2) is 6.10 Å². The molecule has 1 aromatic rings. The molecule has 1 fully saturated rings. The molecule has 0 radical (unpaired) electrons. The van der Waals surface area contributed by atoms with E-state index in [2.05, 4.69) is 10.6 Å². The van der Waals surface area contributed by atoms with Gasteiger partial charge in [-0.15, -0.1) is 0 Å². The summed E-state index contributed by atoms with van der Waals surface area (Å²) in [6, 6.07) is 3.83. The Morgan fingerprint density at radius 2 is 2.00 bits per heavy atom. The minimum absolute atomic E-state index is 0.229. The number of halogens is 2. The van der Waals surface area contributed by atoms with E-state index in [0.29, 0.717) is 17.1 Å². The number of nitrogens with one attached hydrogen (secondary N) is 2. The first kappa shape index (κ1) is 21.0. The number of hydrogen-bond acceptors (Lipinski definition) is 5. The summed E-state index contributed by atoms with van der Waals surface area (Å²) < 4.78 is 5.01. The standard InChI is InChI=1S/C17H19Cl2N3O5/c1-4-17(3)15(25)22(16(26)21-17)8-13(23)27-9(2)14(24)20-12-6-5-10(18)7-11(12)19/h5-7,9H,4,8H2,1-3H3,(H,20,24)(H,21,26)/t9-,17+/m1/s1. The third-order valence-corrected chi connectivity index (χ3v) is 4.75. The summed E-state index contributed by atoms with van der Waals surface area (Å²) >= 11 is 11.8. The van der Waals surface area contributed by atoms with E-state index in [1.807, 2.05) is 0 Å². The highest BCUT2D eigenvalue weighted by Gasteiger charge is 2.47. The molecule has 27 heavy (non-hydrogen) atoms. The van der Waals surface area contributed by atoms with Crippen LogP contribution in [0, 0.1) is 0 Å². The molecule has 8 nitrogen and oxygen atoms in total. The van der Waals surface area contributed by atoms with Crippen molar-refractivity contribution in [2.75, 3.05) is 11.9 Å². The van der Waals surface area contributed by atoms with Gasteiger partial charge in [0.05, 0.1) is 10.7 Å². The van der Waals surface area contributed by atoms with E-state index in [9.17, 15) is 19.2 Å². The second-order valence-corrected chi connectivity index (χ2v) is 7.10. The molecule has 4 amide bonds. The summed E-state index contributed by atoms with van der Waals surface area (Å²) in [5.41, 5.74) is -0.743. The van der Waals surface area contributed by atoms with Gasteiger partial charge in [-0.3, -0.25) is 19.3 Å². The zero-order valence-electron chi connectivity index (χ0n) is 15.0. The second-order valence-electron chi connectivity index (χ2n) is 6.25. The quantitative estimate of drug-likeness (QED) is 0.548. The molecule has 1 heterocycles. The van der Waals surface area contributed by atoms with Crippen LogP contribution in [0.1, 0.15) is 27.2 Å². The number of urea groups is 1. The molecular weight excluding hydrogens is 397 g/mol. The Kier molecular flexibility index (Phi) is 6.33. The van der Waals surface area contributed by atoms with E-state index in [0.717, 1.165) is 4.90 Å². The molecule has 1 saturated heterocycles. The Labute approximate surface area is 166 Å². The van der Waals surface area contributed by atoms with Crippen molar-refractivity contribution in [3.8, 4) is 0 Å². The van der Waals surface area contributed by atoms with Gasteiger partial charge >= 0.3 is 12.0 Å². The molecule has 0 saturated carbocycles. The molecule has 2 N–H and O–H groups in total. The van der Waals surface area contributed by atoms with E-state index in [1.54, 1.807) is 19.9 Å². The number of ether oxygens (including phenoxy) is 1. The summed E-state index contributed by atoms with van der Waals surface area (Å²) in [4.78, 5) is 49.1. The van der Waals surface area contributed by atoms with Crippen molar-refractivity contribution in [2.24, 2.45) is 0 Å². The lowest BCUT2D eigenvalue weighted by Gasteiger charge is -2.19. The zero-order valence-corrected chi connectivity index (χ0v) is 16.5. The largest absolute Gasteiger partial charge is 0.451 e. The van der Waals surface area contributed by atoms with Gasteiger partial charge in [-0.05, 0) is 38.5 Å². The number of carbonyl (C=O) groups is 4. The predicted molar refractivity (Wildman–Crippen MR) is 99.6 cm³/mol. The Balaban J connectivity index is 1.94. The number of carbonyl (C=O) groups excluding carboxylic acids is 4. The van der Waals surface area contributed by atoms with Gasteiger partial charge in [0.1, 0.15) is 12.1 Å². The number of amides is 4. The van der Waals surface area contributed by atoms with Crippen molar-refractivity contribution in [2.45, 2.75) is 38.8 Å². The van der Waals surface area contributed by atoms with Crippen LogP contribution in [0.4, 0.5) is 10.5 Å². The van der Waals surface area contributed by atoms with Crippen molar-refractivity contribution in [1.82, 2.24) is 10.2 Å². The number of rotatable bonds is 6. The summed E-state index contributed by atoms with van der Waals surface area (Å²) in [6.07, 6.45) is -0.786. The van der Waals surface area contributed by atoms with E-state index in [1.165, 1.54) is 19.1 Å². The monoisotopic (exact) mass is 415 g/mol. The number of benzene rings is 1. The first-order valence-corrected chi connectivity index (χ1v) is 8.92. The normalized spacial score (nSPS) is 20.3. The van der Waals surface area contributed by atoms with Gasteiger partial charge in [0.25, 0.3) is 11.8 Å².